The molecule has 4 aliphatic carbocycles. The van der Waals surface area contributed by atoms with Gasteiger partial charge in [-0.25, -0.2) is 4.98 Å². The van der Waals surface area contributed by atoms with E-state index >= 15 is 0 Å². The summed E-state index contributed by atoms with van der Waals surface area (Å²) in [6, 6.07) is 2.84. The Hall–Kier alpha value is -2.22. The number of carbonyl (C=O) groups is 1. The Balaban J connectivity index is 1.35. The minimum Gasteiger partial charge on any atom is -0.494 e. The number of nitrogens with zero attached hydrogens (tertiary/aromatic N) is 2. The second-order valence-corrected chi connectivity index (χ2v) is 9.94. The van der Waals surface area contributed by atoms with Crippen LogP contribution in [-0.2, 0) is 4.79 Å². The van der Waals surface area contributed by atoms with Gasteiger partial charge in [-0.1, -0.05) is 11.3 Å². The van der Waals surface area contributed by atoms with Gasteiger partial charge in [-0.15, -0.1) is 0 Å². The molecule has 0 radical (unpaired) electrons. The summed E-state index contributed by atoms with van der Waals surface area (Å²) in [6.07, 6.45) is 8.19. The maximum Gasteiger partial charge on any atom is 0.274 e. The van der Waals surface area contributed by atoms with Crippen LogP contribution in [-0.4, -0.2) is 22.9 Å². The highest BCUT2D eigenvalue weighted by Gasteiger charge is 2.51. The highest BCUT2D eigenvalue weighted by molar-refractivity contribution is 7.22. The van der Waals surface area contributed by atoms with E-state index in [2.05, 4.69) is 10.3 Å². The summed E-state index contributed by atoms with van der Waals surface area (Å²) in [4.78, 5) is 27.9. The van der Waals surface area contributed by atoms with Crippen molar-refractivity contribution in [3.8, 4) is 5.75 Å². The second kappa shape index (κ2) is 6.40. The Morgan fingerprint density at radius 1 is 1.29 bits per heavy atom. The fourth-order valence-corrected chi connectivity index (χ4v) is 7.24. The Morgan fingerprint density at radius 3 is 2.50 bits per heavy atom. The van der Waals surface area contributed by atoms with Gasteiger partial charge in [-0.05, 0) is 61.7 Å². The zero-order valence-electron chi connectivity index (χ0n) is 15.8. The fraction of sp³-hybridized carbons (Fsp3) is 0.600. The van der Waals surface area contributed by atoms with Gasteiger partial charge in [0.1, 0.15) is 5.52 Å². The number of ether oxygens (including phenoxy) is 1. The zero-order valence-corrected chi connectivity index (χ0v) is 16.6. The molecule has 4 bridgehead atoms. The molecule has 1 aromatic carbocycles. The van der Waals surface area contributed by atoms with Crippen molar-refractivity contribution in [2.24, 2.45) is 23.2 Å². The summed E-state index contributed by atoms with van der Waals surface area (Å²) in [7, 11) is 1.46. The van der Waals surface area contributed by atoms with E-state index in [4.69, 9.17) is 4.74 Å². The average Bonchev–Trinajstić information content (AvgIpc) is 3.00. The molecule has 2 aromatic rings. The van der Waals surface area contributed by atoms with Gasteiger partial charge in [0, 0.05) is 12.5 Å². The van der Waals surface area contributed by atoms with Crippen molar-refractivity contribution in [1.82, 2.24) is 4.98 Å². The predicted molar refractivity (Wildman–Crippen MR) is 107 cm³/mol. The van der Waals surface area contributed by atoms with Crippen LogP contribution < -0.4 is 10.1 Å². The minimum atomic E-state index is -0.451. The number of methoxy groups -OCH3 is 1. The Kier molecular flexibility index (Phi) is 4.08. The molecule has 6 rings (SSSR count). The number of nitro benzene ring substituents is 1. The molecule has 1 N–H and O–H groups in total. The molecule has 148 valence electrons. The number of benzene rings is 1. The number of nitrogens with one attached hydrogen (secondary N) is 1. The number of hydrogen-bond acceptors (Lipinski definition) is 6. The third kappa shape index (κ3) is 3.03. The molecule has 4 fully saturated rings. The lowest BCUT2D eigenvalue weighted by molar-refractivity contribution is -0.384. The molecule has 4 saturated carbocycles. The van der Waals surface area contributed by atoms with Crippen molar-refractivity contribution in [3.05, 3.63) is 22.2 Å². The van der Waals surface area contributed by atoms with E-state index in [0.717, 1.165) is 17.8 Å². The molecule has 0 saturated heterocycles. The van der Waals surface area contributed by atoms with Crippen LogP contribution in [0.3, 0.4) is 0 Å². The first-order chi connectivity index (χ1) is 13.4. The summed E-state index contributed by atoms with van der Waals surface area (Å²) in [5, 5.41) is 14.5. The van der Waals surface area contributed by atoms with Crippen LogP contribution in [0.1, 0.15) is 44.9 Å². The number of fused-ring (bicyclic) bond motifs is 1. The Morgan fingerprint density at radius 2 is 1.93 bits per heavy atom. The molecular formula is C20H23N3O4S. The molecule has 1 aromatic heterocycles. The Bertz CT molecular complexity index is 934. The molecule has 28 heavy (non-hydrogen) atoms. The Labute approximate surface area is 166 Å². The second-order valence-electron chi connectivity index (χ2n) is 8.91. The minimum absolute atomic E-state index is 0.00877. The van der Waals surface area contributed by atoms with E-state index in [9.17, 15) is 14.9 Å². The number of nitro groups is 1. The highest BCUT2D eigenvalue weighted by atomic mass is 32.1. The van der Waals surface area contributed by atoms with Crippen molar-refractivity contribution in [2.75, 3.05) is 12.4 Å². The normalized spacial score (nSPS) is 30.5. The topological polar surface area (TPSA) is 94.4 Å². The number of anilines is 1. The largest absolute Gasteiger partial charge is 0.494 e. The quantitative estimate of drug-likeness (QED) is 0.576. The van der Waals surface area contributed by atoms with Crippen LogP contribution in [0.2, 0.25) is 0 Å². The number of carbonyl (C=O) groups excluding carboxylic acids is 1. The lowest BCUT2D eigenvalue weighted by atomic mass is 9.49. The summed E-state index contributed by atoms with van der Waals surface area (Å²) in [5.41, 5.74) is 0.675. The molecule has 0 spiro atoms. The lowest BCUT2D eigenvalue weighted by Gasteiger charge is -2.56. The third-order valence-electron chi connectivity index (χ3n) is 6.82. The van der Waals surface area contributed by atoms with E-state index in [1.54, 1.807) is 0 Å². The number of aromatic nitrogens is 1. The number of rotatable bonds is 5. The SMILES string of the molecule is COc1cc([N+](=O)[O-])cc2sc(NC(=O)CC34CC5CC(CC(C5)C3)C4)nc12. The molecule has 7 nitrogen and oxygen atoms in total. The van der Waals surface area contributed by atoms with Crippen LogP contribution in [0.5, 0.6) is 5.75 Å². The maximum atomic E-state index is 12.8. The van der Waals surface area contributed by atoms with Gasteiger partial charge in [0.2, 0.25) is 5.91 Å². The monoisotopic (exact) mass is 401 g/mol. The first kappa shape index (κ1) is 17.8. The first-order valence-electron chi connectivity index (χ1n) is 9.86. The smallest absolute Gasteiger partial charge is 0.274 e. The van der Waals surface area contributed by atoms with Crippen LogP contribution >= 0.6 is 11.3 Å². The fourth-order valence-electron chi connectivity index (χ4n) is 6.31. The van der Waals surface area contributed by atoms with Crippen molar-refractivity contribution in [1.29, 1.82) is 0 Å². The van der Waals surface area contributed by atoms with E-state index < -0.39 is 4.92 Å². The van der Waals surface area contributed by atoms with Gasteiger partial charge in [0.05, 0.1) is 22.8 Å². The van der Waals surface area contributed by atoms with Crippen LogP contribution in [0, 0.1) is 33.3 Å². The van der Waals surface area contributed by atoms with Crippen molar-refractivity contribution in [2.45, 2.75) is 44.9 Å². The standard InChI is InChI=1S/C20H23N3O4S/c1-27-15-5-14(23(25)26)6-16-18(15)22-19(28-16)21-17(24)10-20-7-11-2-12(8-20)4-13(3-11)9-20/h5-6,11-13H,2-4,7-10H2,1H3,(H,21,22,24). The third-order valence-corrected chi connectivity index (χ3v) is 7.74. The zero-order chi connectivity index (χ0) is 19.5. The summed E-state index contributed by atoms with van der Waals surface area (Å²) in [5.74, 6) is 2.79. The van der Waals surface area contributed by atoms with Crippen LogP contribution in [0.15, 0.2) is 12.1 Å². The average molecular weight is 401 g/mol. The molecule has 8 heteroatoms. The summed E-state index contributed by atoms with van der Waals surface area (Å²) < 4.78 is 5.89. The van der Waals surface area contributed by atoms with Gasteiger partial charge in [-0.3, -0.25) is 14.9 Å². The first-order valence-corrected chi connectivity index (χ1v) is 10.7. The summed E-state index contributed by atoms with van der Waals surface area (Å²) in [6.45, 7) is 0. The van der Waals surface area contributed by atoms with Crippen LogP contribution in [0.4, 0.5) is 10.8 Å². The van der Waals surface area contributed by atoms with E-state index in [1.165, 1.54) is 69.1 Å². The molecule has 1 amide bonds. The van der Waals surface area contributed by atoms with Gasteiger partial charge in [0.25, 0.3) is 5.69 Å². The molecule has 1 heterocycles. The van der Waals surface area contributed by atoms with E-state index in [-0.39, 0.29) is 17.0 Å². The van der Waals surface area contributed by atoms with Crippen molar-refractivity contribution < 1.29 is 14.5 Å². The molecule has 4 aliphatic rings. The van der Waals surface area contributed by atoms with Crippen molar-refractivity contribution >= 4 is 38.3 Å². The van der Waals surface area contributed by atoms with Gasteiger partial charge in [0.15, 0.2) is 10.9 Å². The van der Waals surface area contributed by atoms with E-state index in [0.29, 0.717) is 27.5 Å². The number of thiazole rings is 1. The molecule has 0 atom stereocenters. The van der Waals surface area contributed by atoms with E-state index in [1.807, 2.05) is 0 Å². The summed E-state index contributed by atoms with van der Waals surface area (Å²) >= 11 is 1.25. The number of amides is 1. The number of non-ortho nitro benzene ring substituents is 1. The molecule has 0 aliphatic heterocycles. The van der Waals surface area contributed by atoms with Crippen LogP contribution in [0.25, 0.3) is 10.2 Å². The van der Waals surface area contributed by atoms with Crippen molar-refractivity contribution in [3.63, 3.8) is 0 Å². The lowest BCUT2D eigenvalue weighted by Crippen LogP contribution is -2.47. The maximum absolute atomic E-state index is 12.8. The van der Waals surface area contributed by atoms with Gasteiger partial charge < -0.3 is 10.1 Å². The number of hydrogen-bond donors (Lipinski definition) is 1. The van der Waals surface area contributed by atoms with Gasteiger partial charge in [-0.2, -0.15) is 0 Å². The molecule has 0 unspecified atom stereocenters. The molecular weight excluding hydrogens is 378 g/mol. The predicted octanol–water partition coefficient (Wildman–Crippen LogP) is 4.76. The highest BCUT2D eigenvalue weighted by Crippen LogP contribution is 2.61. The van der Waals surface area contributed by atoms with Gasteiger partial charge >= 0.3 is 0 Å².